The Labute approximate surface area is 120 Å². The number of halogens is 1. The zero-order chi connectivity index (χ0) is 14.6. The molecule has 0 amide bonds. The zero-order valence-electron chi connectivity index (χ0n) is 12.4. The number of hydrogen-bond donors (Lipinski definition) is 2. The molecule has 0 aromatic heterocycles. The number of rotatable bonds is 5. The van der Waals surface area contributed by atoms with Crippen molar-refractivity contribution in [3.8, 4) is 0 Å². The first-order chi connectivity index (χ1) is 9.59. The molecule has 1 aliphatic carbocycles. The van der Waals surface area contributed by atoms with E-state index in [9.17, 15) is 4.39 Å². The lowest BCUT2D eigenvalue weighted by Gasteiger charge is -2.43. The molecular weight excluding hydrogens is 255 g/mol. The molecule has 1 fully saturated rings. The maximum absolute atomic E-state index is 13.0. The van der Waals surface area contributed by atoms with E-state index in [1.165, 1.54) is 12.1 Å². The highest BCUT2D eigenvalue weighted by molar-refractivity contribution is 5.18. The fourth-order valence-corrected chi connectivity index (χ4v) is 3.20. The Morgan fingerprint density at radius 3 is 2.45 bits per heavy atom. The highest BCUT2D eigenvalue weighted by Gasteiger charge is 2.41. The fraction of sp³-hybridized carbons (Fsp3) is 0.625. The van der Waals surface area contributed by atoms with Gasteiger partial charge in [0.15, 0.2) is 0 Å². The summed E-state index contributed by atoms with van der Waals surface area (Å²) < 4.78 is 18.8. The van der Waals surface area contributed by atoms with Crippen LogP contribution in [0.2, 0.25) is 0 Å². The quantitative estimate of drug-likeness (QED) is 0.644. The zero-order valence-corrected chi connectivity index (χ0v) is 12.4. The summed E-state index contributed by atoms with van der Waals surface area (Å²) in [5.41, 5.74) is 3.78. The lowest BCUT2D eigenvalue weighted by Crippen LogP contribution is -2.57. The van der Waals surface area contributed by atoms with E-state index in [0.29, 0.717) is 0 Å². The fourth-order valence-electron chi connectivity index (χ4n) is 3.20. The van der Waals surface area contributed by atoms with Crippen molar-refractivity contribution in [1.82, 2.24) is 5.43 Å². The van der Waals surface area contributed by atoms with Crippen molar-refractivity contribution in [3.05, 3.63) is 35.6 Å². The van der Waals surface area contributed by atoms with Gasteiger partial charge >= 0.3 is 0 Å². The van der Waals surface area contributed by atoms with Gasteiger partial charge in [0.1, 0.15) is 5.82 Å². The third kappa shape index (κ3) is 3.37. The lowest BCUT2D eigenvalue weighted by molar-refractivity contribution is -0.0746. The predicted octanol–water partition coefficient (Wildman–Crippen LogP) is 2.80. The van der Waals surface area contributed by atoms with Gasteiger partial charge in [0.2, 0.25) is 0 Å². The molecule has 0 aliphatic heterocycles. The van der Waals surface area contributed by atoms with E-state index in [2.05, 4.69) is 12.3 Å². The summed E-state index contributed by atoms with van der Waals surface area (Å²) in [6, 6.07) is 6.66. The molecule has 1 unspecified atom stereocenters. The van der Waals surface area contributed by atoms with Crippen LogP contribution in [0.3, 0.4) is 0 Å². The molecule has 0 heterocycles. The van der Waals surface area contributed by atoms with Gasteiger partial charge in [-0.2, -0.15) is 0 Å². The molecule has 20 heavy (non-hydrogen) atoms. The van der Waals surface area contributed by atoms with Crippen molar-refractivity contribution in [3.63, 3.8) is 0 Å². The molecule has 1 aromatic carbocycles. The molecule has 0 spiro atoms. The van der Waals surface area contributed by atoms with Crippen LogP contribution in [0, 0.1) is 11.7 Å². The SMILES string of the molecule is COC1(C(Cc2ccc(F)cc2)NN)CCC(C)CC1. The number of ether oxygens (including phenoxy) is 1. The van der Waals surface area contributed by atoms with Crippen molar-refractivity contribution in [1.29, 1.82) is 0 Å². The number of hydrogen-bond acceptors (Lipinski definition) is 3. The van der Waals surface area contributed by atoms with E-state index in [4.69, 9.17) is 10.6 Å². The standard InChI is InChI=1S/C16H25FN2O/c1-12-7-9-16(20-2,10-8-12)15(19-18)11-13-3-5-14(17)6-4-13/h3-6,12,15,19H,7-11,18H2,1-2H3. The van der Waals surface area contributed by atoms with Crippen LogP contribution in [-0.2, 0) is 11.2 Å². The summed E-state index contributed by atoms with van der Waals surface area (Å²) in [6.07, 6.45) is 5.10. The molecule has 1 saturated carbocycles. The molecule has 4 heteroatoms. The van der Waals surface area contributed by atoms with Gasteiger partial charge in [0.05, 0.1) is 11.6 Å². The minimum atomic E-state index is -0.213. The Morgan fingerprint density at radius 2 is 1.95 bits per heavy atom. The van der Waals surface area contributed by atoms with Crippen LogP contribution in [0.15, 0.2) is 24.3 Å². The van der Waals surface area contributed by atoms with E-state index < -0.39 is 0 Å². The Kier molecular flexibility index (Phi) is 5.13. The van der Waals surface area contributed by atoms with Crippen molar-refractivity contribution in [2.24, 2.45) is 11.8 Å². The van der Waals surface area contributed by atoms with Gasteiger partial charge in [-0.25, -0.2) is 4.39 Å². The summed E-state index contributed by atoms with van der Waals surface area (Å²) in [7, 11) is 1.77. The summed E-state index contributed by atoms with van der Waals surface area (Å²) in [6.45, 7) is 2.28. The first-order valence-electron chi connectivity index (χ1n) is 7.35. The number of nitrogens with two attached hydrogens (primary N) is 1. The number of hydrazine groups is 1. The molecule has 3 nitrogen and oxygen atoms in total. The topological polar surface area (TPSA) is 47.3 Å². The van der Waals surface area contributed by atoms with Crippen molar-refractivity contribution in [2.45, 2.75) is 50.7 Å². The average Bonchev–Trinajstić information content (AvgIpc) is 2.48. The van der Waals surface area contributed by atoms with Gasteiger partial charge < -0.3 is 4.74 Å². The summed E-state index contributed by atoms with van der Waals surface area (Å²) in [5.74, 6) is 6.32. The molecule has 1 atom stereocenters. The van der Waals surface area contributed by atoms with Gasteiger partial charge in [-0.15, -0.1) is 0 Å². The average molecular weight is 280 g/mol. The van der Waals surface area contributed by atoms with Gasteiger partial charge in [-0.3, -0.25) is 11.3 Å². The maximum Gasteiger partial charge on any atom is 0.123 e. The summed E-state index contributed by atoms with van der Waals surface area (Å²) in [5, 5.41) is 0. The smallest absolute Gasteiger partial charge is 0.123 e. The van der Waals surface area contributed by atoms with Crippen LogP contribution in [0.25, 0.3) is 0 Å². The first-order valence-corrected chi connectivity index (χ1v) is 7.35. The van der Waals surface area contributed by atoms with E-state index >= 15 is 0 Å². The Hall–Kier alpha value is -0.970. The van der Waals surface area contributed by atoms with Crippen molar-refractivity contribution >= 4 is 0 Å². The Balaban J connectivity index is 2.11. The molecule has 0 bridgehead atoms. The number of methoxy groups -OCH3 is 1. The lowest BCUT2D eigenvalue weighted by atomic mass is 9.74. The molecule has 3 N–H and O–H groups in total. The van der Waals surface area contributed by atoms with Gasteiger partial charge in [-0.05, 0) is 55.7 Å². The molecule has 1 aromatic rings. The van der Waals surface area contributed by atoms with Crippen LogP contribution < -0.4 is 11.3 Å². The summed E-state index contributed by atoms with van der Waals surface area (Å²) >= 11 is 0. The second kappa shape index (κ2) is 6.66. The number of nitrogens with one attached hydrogen (secondary N) is 1. The van der Waals surface area contributed by atoms with Gasteiger partial charge in [0, 0.05) is 7.11 Å². The highest BCUT2D eigenvalue weighted by Crippen LogP contribution is 2.37. The molecule has 2 rings (SSSR count). The van der Waals surface area contributed by atoms with Crippen molar-refractivity contribution in [2.75, 3.05) is 7.11 Å². The highest BCUT2D eigenvalue weighted by atomic mass is 19.1. The predicted molar refractivity (Wildman–Crippen MR) is 78.6 cm³/mol. The van der Waals surface area contributed by atoms with Crippen LogP contribution in [0.1, 0.15) is 38.2 Å². The van der Waals surface area contributed by atoms with Gasteiger partial charge in [0.25, 0.3) is 0 Å². The first kappa shape index (κ1) is 15.4. The molecule has 0 saturated heterocycles. The van der Waals surface area contributed by atoms with Gasteiger partial charge in [-0.1, -0.05) is 19.1 Å². The molecule has 0 radical (unpaired) electrons. The normalized spacial score (nSPS) is 28.3. The third-order valence-electron chi connectivity index (χ3n) is 4.72. The second-order valence-electron chi connectivity index (χ2n) is 6.00. The Morgan fingerprint density at radius 1 is 1.35 bits per heavy atom. The molecule has 112 valence electrons. The molecular formula is C16H25FN2O. The maximum atomic E-state index is 13.0. The van der Waals surface area contributed by atoms with E-state index in [1.54, 1.807) is 7.11 Å². The van der Waals surface area contributed by atoms with E-state index in [-0.39, 0.29) is 17.5 Å². The minimum absolute atomic E-state index is 0.0467. The Bertz CT molecular complexity index is 413. The third-order valence-corrected chi connectivity index (χ3v) is 4.72. The monoisotopic (exact) mass is 280 g/mol. The van der Waals surface area contributed by atoms with E-state index in [0.717, 1.165) is 43.6 Å². The van der Waals surface area contributed by atoms with Crippen LogP contribution >= 0.6 is 0 Å². The second-order valence-corrected chi connectivity index (χ2v) is 6.00. The van der Waals surface area contributed by atoms with Crippen LogP contribution in [0.5, 0.6) is 0 Å². The largest absolute Gasteiger partial charge is 0.377 e. The van der Waals surface area contributed by atoms with Crippen LogP contribution in [0.4, 0.5) is 4.39 Å². The van der Waals surface area contributed by atoms with Crippen molar-refractivity contribution < 1.29 is 9.13 Å². The minimum Gasteiger partial charge on any atom is -0.377 e. The van der Waals surface area contributed by atoms with Crippen LogP contribution in [-0.4, -0.2) is 18.8 Å². The summed E-state index contributed by atoms with van der Waals surface area (Å²) in [4.78, 5) is 0. The number of benzene rings is 1. The van der Waals surface area contributed by atoms with E-state index in [1.807, 2.05) is 12.1 Å². The molecule has 1 aliphatic rings.